The van der Waals surface area contributed by atoms with E-state index in [1.165, 1.54) is 42.9 Å². The molecule has 0 amide bonds. The third kappa shape index (κ3) is 5.04. The van der Waals surface area contributed by atoms with Crippen molar-refractivity contribution in [3.05, 3.63) is 16.1 Å². The Kier molecular flexibility index (Phi) is 6.65. The molecule has 0 bridgehead atoms. The number of aromatic nitrogens is 1. The molecule has 1 aromatic heterocycles. The molecular formula is C17H31N3S. The van der Waals surface area contributed by atoms with Crippen molar-refractivity contribution in [1.82, 2.24) is 15.2 Å². The molecule has 1 N–H and O–H groups in total. The maximum absolute atomic E-state index is 4.59. The fourth-order valence-electron chi connectivity index (χ4n) is 3.69. The zero-order chi connectivity index (χ0) is 15.2. The molecule has 4 heteroatoms. The van der Waals surface area contributed by atoms with Gasteiger partial charge in [0.25, 0.3) is 0 Å². The van der Waals surface area contributed by atoms with Gasteiger partial charge in [-0.15, -0.1) is 11.3 Å². The molecule has 21 heavy (non-hydrogen) atoms. The van der Waals surface area contributed by atoms with Gasteiger partial charge in [-0.05, 0) is 51.6 Å². The summed E-state index contributed by atoms with van der Waals surface area (Å²) < 4.78 is 0. The Morgan fingerprint density at radius 3 is 2.81 bits per heavy atom. The molecule has 0 radical (unpaired) electrons. The van der Waals surface area contributed by atoms with Crippen LogP contribution in [0.2, 0.25) is 0 Å². The van der Waals surface area contributed by atoms with E-state index in [-0.39, 0.29) is 0 Å². The van der Waals surface area contributed by atoms with Crippen molar-refractivity contribution in [2.45, 2.75) is 59.0 Å². The van der Waals surface area contributed by atoms with E-state index in [9.17, 15) is 0 Å². The van der Waals surface area contributed by atoms with Crippen LogP contribution in [0.25, 0.3) is 0 Å². The van der Waals surface area contributed by atoms with E-state index in [0.717, 1.165) is 24.9 Å². The van der Waals surface area contributed by atoms with Gasteiger partial charge in [0.05, 0.1) is 10.7 Å². The second kappa shape index (κ2) is 8.25. The Balaban J connectivity index is 1.89. The summed E-state index contributed by atoms with van der Waals surface area (Å²) in [5, 5.41) is 7.08. The first-order chi connectivity index (χ1) is 10.1. The molecule has 0 aliphatic heterocycles. The van der Waals surface area contributed by atoms with Gasteiger partial charge in [0, 0.05) is 24.5 Å². The molecule has 2 rings (SSSR count). The zero-order valence-electron chi connectivity index (χ0n) is 14.1. The summed E-state index contributed by atoms with van der Waals surface area (Å²) in [4.78, 5) is 7.05. The highest BCUT2D eigenvalue weighted by molar-refractivity contribution is 7.09. The molecule has 1 aliphatic rings. The maximum atomic E-state index is 4.59. The van der Waals surface area contributed by atoms with Gasteiger partial charge in [0.2, 0.25) is 0 Å². The van der Waals surface area contributed by atoms with Crippen molar-refractivity contribution in [3.8, 4) is 0 Å². The Labute approximate surface area is 134 Å². The summed E-state index contributed by atoms with van der Waals surface area (Å²) >= 11 is 1.76. The summed E-state index contributed by atoms with van der Waals surface area (Å²) in [7, 11) is 2.24. The van der Waals surface area contributed by atoms with Crippen LogP contribution in [0.4, 0.5) is 0 Å². The standard InChI is InChI=1S/C17H31N3S/c1-5-14-7-8-17(18-6-2)15(9-14)10-20(4)11-16-12-21-13(3)19-16/h12,14-15,17-18H,5-11H2,1-4H3. The lowest BCUT2D eigenvalue weighted by atomic mass is 9.76. The third-order valence-corrected chi connectivity index (χ3v) is 5.60. The molecule has 3 atom stereocenters. The molecule has 0 saturated heterocycles. The van der Waals surface area contributed by atoms with Crippen molar-refractivity contribution in [3.63, 3.8) is 0 Å². The van der Waals surface area contributed by atoms with Crippen molar-refractivity contribution in [2.75, 3.05) is 20.1 Å². The van der Waals surface area contributed by atoms with E-state index in [2.05, 4.69) is 48.4 Å². The summed E-state index contributed by atoms with van der Waals surface area (Å²) in [5.41, 5.74) is 1.22. The molecule has 1 aliphatic carbocycles. The van der Waals surface area contributed by atoms with Crippen LogP contribution in [-0.2, 0) is 6.54 Å². The Bertz CT molecular complexity index is 418. The fourth-order valence-corrected chi connectivity index (χ4v) is 4.29. The van der Waals surface area contributed by atoms with Gasteiger partial charge in [-0.2, -0.15) is 0 Å². The average Bonchev–Trinajstić information content (AvgIpc) is 2.86. The van der Waals surface area contributed by atoms with Gasteiger partial charge in [0.1, 0.15) is 0 Å². The zero-order valence-corrected chi connectivity index (χ0v) is 14.9. The van der Waals surface area contributed by atoms with Crippen molar-refractivity contribution < 1.29 is 0 Å². The van der Waals surface area contributed by atoms with E-state index >= 15 is 0 Å². The van der Waals surface area contributed by atoms with Crippen LogP contribution in [0.15, 0.2) is 5.38 Å². The predicted molar refractivity (Wildman–Crippen MR) is 91.8 cm³/mol. The average molecular weight is 310 g/mol. The van der Waals surface area contributed by atoms with E-state index in [4.69, 9.17) is 0 Å². The van der Waals surface area contributed by atoms with E-state index in [1.807, 2.05) is 0 Å². The normalized spacial score (nSPS) is 26.4. The van der Waals surface area contributed by atoms with Crippen LogP contribution < -0.4 is 5.32 Å². The van der Waals surface area contributed by atoms with Crippen LogP contribution in [-0.4, -0.2) is 36.1 Å². The molecule has 1 saturated carbocycles. The first kappa shape index (κ1) is 16.9. The van der Waals surface area contributed by atoms with Gasteiger partial charge in [-0.25, -0.2) is 4.98 Å². The molecule has 120 valence electrons. The Hall–Kier alpha value is -0.450. The largest absolute Gasteiger partial charge is 0.314 e. The summed E-state index contributed by atoms with van der Waals surface area (Å²) in [6.45, 7) is 9.92. The lowest BCUT2D eigenvalue weighted by molar-refractivity contribution is 0.149. The number of thiazole rings is 1. The number of nitrogens with zero attached hydrogens (tertiary/aromatic N) is 2. The molecule has 1 fully saturated rings. The topological polar surface area (TPSA) is 28.2 Å². The Morgan fingerprint density at radius 2 is 2.19 bits per heavy atom. The van der Waals surface area contributed by atoms with Crippen LogP contribution >= 0.6 is 11.3 Å². The molecular weight excluding hydrogens is 278 g/mol. The second-order valence-corrected chi connectivity index (χ2v) is 7.63. The summed E-state index contributed by atoms with van der Waals surface area (Å²) in [5.74, 6) is 1.72. The number of rotatable bonds is 7. The Morgan fingerprint density at radius 1 is 1.38 bits per heavy atom. The smallest absolute Gasteiger partial charge is 0.0897 e. The molecule has 0 spiro atoms. The monoisotopic (exact) mass is 309 g/mol. The highest BCUT2D eigenvalue weighted by Crippen LogP contribution is 2.32. The lowest BCUT2D eigenvalue weighted by Crippen LogP contribution is -2.45. The molecule has 3 nitrogen and oxygen atoms in total. The van der Waals surface area contributed by atoms with E-state index in [0.29, 0.717) is 6.04 Å². The first-order valence-electron chi connectivity index (χ1n) is 8.45. The van der Waals surface area contributed by atoms with Gasteiger partial charge >= 0.3 is 0 Å². The predicted octanol–water partition coefficient (Wildman–Crippen LogP) is 3.69. The third-order valence-electron chi connectivity index (χ3n) is 4.78. The second-order valence-electron chi connectivity index (χ2n) is 6.57. The summed E-state index contributed by atoms with van der Waals surface area (Å²) in [6.07, 6.45) is 5.47. The number of hydrogen-bond acceptors (Lipinski definition) is 4. The van der Waals surface area contributed by atoms with Crippen molar-refractivity contribution >= 4 is 11.3 Å². The van der Waals surface area contributed by atoms with Gasteiger partial charge < -0.3 is 10.2 Å². The van der Waals surface area contributed by atoms with Crippen LogP contribution in [0.5, 0.6) is 0 Å². The van der Waals surface area contributed by atoms with Crippen LogP contribution in [0.3, 0.4) is 0 Å². The number of hydrogen-bond donors (Lipinski definition) is 1. The first-order valence-corrected chi connectivity index (χ1v) is 9.33. The molecule has 1 aromatic rings. The minimum absolute atomic E-state index is 0.706. The van der Waals surface area contributed by atoms with Crippen LogP contribution in [0, 0.1) is 18.8 Å². The summed E-state index contributed by atoms with van der Waals surface area (Å²) in [6, 6.07) is 0.706. The number of aryl methyl sites for hydroxylation is 1. The lowest BCUT2D eigenvalue weighted by Gasteiger charge is -2.38. The van der Waals surface area contributed by atoms with E-state index in [1.54, 1.807) is 11.3 Å². The van der Waals surface area contributed by atoms with E-state index < -0.39 is 0 Å². The van der Waals surface area contributed by atoms with Gasteiger partial charge in [0.15, 0.2) is 0 Å². The molecule has 0 aromatic carbocycles. The van der Waals surface area contributed by atoms with Crippen molar-refractivity contribution in [1.29, 1.82) is 0 Å². The van der Waals surface area contributed by atoms with Crippen molar-refractivity contribution in [2.24, 2.45) is 11.8 Å². The fraction of sp³-hybridized carbons (Fsp3) is 0.824. The quantitative estimate of drug-likeness (QED) is 0.832. The minimum atomic E-state index is 0.706. The highest BCUT2D eigenvalue weighted by atomic mass is 32.1. The molecule has 3 unspecified atom stereocenters. The van der Waals surface area contributed by atoms with Gasteiger partial charge in [-0.1, -0.05) is 20.3 Å². The highest BCUT2D eigenvalue weighted by Gasteiger charge is 2.29. The minimum Gasteiger partial charge on any atom is -0.314 e. The van der Waals surface area contributed by atoms with Crippen LogP contribution in [0.1, 0.15) is 50.2 Å². The SMILES string of the molecule is CCNC1CCC(CC)CC1CN(C)Cc1csc(C)n1. The maximum Gasteiger partial charge on any atom is 0.0897 e. The molecule has 1 heterocycles. The van der Waals surface area contributed by atoms with Gasteiger partial charge in [-0.3, -0.25) is 0 Å². The number of nitrogens with one attached hydrogen (secondary N) is 1.